The molecule has 0 bridgehead atoms. The molecule has 0 radical (unpaired) electrons. The van der Waals surface area contributed by atoms with E-state index >= 15 is 0 Å². The second-order valence-corrected chi connectivity index (χ2v) is 5.49. The number of carbonyl (C=O) groups is 1. The number of aromatic nitrogens is 2. The minimum absolute atomic E-state index is 0.223. The van der Waals surface area contributed by atoms with Gasteiger partial charge in [0.05, 0.1) is 17.4 Å². The number of nitrogens with one attached hydrogen (secondary N) is 3. The third-order valence-electron chi connectivity index (χ3n) is 3.40. The fourth-order valence-corrected chi connectivity index (χ4v) is 2.47. The van der Waals surface area contributed by atoms with E-state index in [0.29, 0.717) is 29.6 Å². The molecule has 122 valence electrons. The molecule has 2 aromatic carbocycles. The number of hydrogen-bond acceptors (Lipinski definition) is 4. The lowest BCUT2D eigenvalue weighted by Crippen LogP contribution is -2.28. The molecule has 0 aliphatic carbocycles. The fourth-order valence-electron chi connectivity index (χ4n) is 2.26. The standard InChI is InChI=1S/C17H15N3O3S/c21-15(18-8-9-23-12-4-2-1-3-5-12)11-6-7-13-14(10-11)19-17(24)20-16(13)22/h1-7,10H,8-9H2,(H,18,21)(H2,19,20,22,24). The first-order valence-electron chi connectivity index (χ1n) is 7.36. The van der Waals surface area contributed by atoms with Gasteiger partial charge in [-0.1, -0.05) is 18.2 Å². The summed E-state index contributed by atoms with van der Waals surface area (Å²) in [5.74, 6) is 0.511. The molecule has 3 N–H and O–H groups in total. The lowest BCUT2D eigenvalue weighted by atomic mass is 10.1. The molecule has 7 heteroatoms. The van der Waals surface area contributed by atoms with Gasteiger partial charge in [0, 0.05) is 5.56 Å². The van der Waals surface area contributed by atoms with E-state index in [-0.39, 0.29) is 16.2 Å². The number of fused-ring (bicyclic) bond motifs is 1. The molecule has 0 spiro atoms. The van der Waals surface area contributed by atoms with Crippen LogP contribution in [0.5, 0.6) is 5.75 Å². The molecule has 0 unspecified atom stereocenters. The van der Waals surface area contributed by atoms with Crippen molar-refractivity contribution in [1.82, 2.24) is 15.3 Å². The van der Waals surface area contributed by atoms with Crippen molar-refractivity contribution in [3.63, 3.8) is 0 Å². The van der Waals surface area contributed by atoms with Crippen LogP contribution >= 0.6 is 12.2 Å². The van der Waals surface area contributed by atoms with Crippen molar-refractivity contribution in [2.75, 3.05) is 13.2 Å². The fraction of sp³-hybridized carbons (Fsp3) is 0.118. The van der Waals surface area contributed by atoms with Gasteiger partial charge in [-0.3, -0.25) is 14.6 Å². The van der Waals surface area contributed by atoms with Crippen molar-refractivity contribution >= 4 is 29.0 Å². The van der Waals surface area contributed by atoms with Crippen LogP contribution in [0.15, 0.2) is 53.3 Å². The largest absolute Gasteiger partial charge is 0.492 e. The van der Waals surface area contributed by atoms with Gasteiger partial charge in [0.15, 0.2) is 4.77 Å². The second kappa shape index (κ2) is 7.10. The van der Waals surface area contributed by atoms with Gasteiger partial charge in [0.2, 0.25) is 0 Å². The number of amides is 1. The van der Waals surface area contributed by atoms with Crippen LogP contribution < -0.4 is 15.6 Å². The zero-order valence-corrected chi connectivity index (χ0v) is 13.5. The number of rotatable bonds is 5. The van der Waals surface area contributed by atoms with E-state index in [9.17, 15) is 9.59 Å². The highest BCUT2D eigenvalue weighted by atomic mass is 32.1. The molecule has 0 fully saturated rings. The van der Waals surface area contributed by atoms with E-state index in [1.54, 1.807) is 18.2 Å². The van der Waals surface area contributed by atoms with Gasteiger partial charge >= 0.3 is 0 Å². The normalized spacial score (nSPS) is 10.5. The number of ether oxygens (including phenoxy) is 1. The van der Waals surface area contributed by atoms with E-state index in [1.807, 2.05) is 30.3 Å². The second-order valence-electron chi connectivity index (χ2n) is 5.09. The highest BCUT2D eigenvalue weighted by Gasteiger charge is 2.07. The van der Waals surface area contributed by atoms with Crippen LogP contribution in [0.3, 0.4) is 0 Å². The molecular formula is C17H15N3O3S. The molecule has 1 aromatic heterocycles. The molecule has 3 rings (SSSR count). The van der Waals surface area contributed by atoms with Crippen molar-refractivity contribution in [1.29, 1.82) is 0 Å². The zero-order chi connectivity index (χ0) is 16.9. The number of benzene rings is 2. The summed E-state index contributed by atoms with van der Waals surface area (Å²) in [4.78, 5) is 29.3. The topological polar surface area (TPSA) is 87.0 Å². The Balaban J connectivity index is 1.64. The summed E-state index contributed by atoms with van der Waals surface area (Å²) in [5, 5.41) is 3.22. The van der Waals surface area contributed by atoms with Crippen LogP contribution in [0, 0.1) is 4.77 Å². The Labute approximate surface area is 142 Å². The van der Waals surface area contributed by atoms with Crippen LogP contribution in [0.2, 0.25) is 0 Å². The summed E-state index contributed by atoms with van der Waals surface area (Å²) in [6.07, 6.45) is 0. The number of hydrogen-bond donors (Lipinski definition) is 3. The van der Waals surface area contributed by atoms with Crippen molar-refractivity contribution in [2.24, 2.45) is 0 Å². The van der Waals surface area contributed by atoms with Crippen molar-refractivity contribution in [3.8, 4) is 5.75 Å². The van der Waals surface area contributed by atoms with Gasteiger partial charge in [0.1, 0.15) is 12.4 Å². The maximum atomic E-state index is 12.2. The predicted molar refractivity (Wildman–Crippen MR) is 94.0 cm³/mol. The molecule has 6 nitrogen and oxygen atoms in total. The van der Waals surface area contributed by atoms with Crippen LogP contribution in [-0.4, -0.2) is 29.0 Å². The van der Waals surface area contributed by atoms with E-state index in [1.165, 1.54) is 0 Å². The first kappa shape index (κ1) is 15.9. The number of aromatic amines is 2. The van der Waals surface area contributed by atoms with E-state index in [0.717, 1.165) is 5.75 Å². The Morgan fingerprint density at radius 2 is 1.92 bits per heavy atom. The van der Waals surface area contributed by atoms with Gasteiger partial charge in [0.25, 0.3) is 11.5 Å². The molecule has 0 saturated carbocycles. The Kier molecular flexibility index (Phi) is 4.72. The summed E-state index contributed by atoms with van der Waals surface area (Å²) in [6.45, 7) is 0.739. The van der Waals surface area contributed by atoms with Crippen molar-refractivity contribution in [3.05, 3.63) is 69.2 Å². The van der Waals surface area contributed by atoms with E-state index in [2.05, 4.69) is 15.3 Å². The summed E-state index contributed by atoms with van der Waals surface area (Å²) < 4.78 is 5.74. The summed E-state index contributed by atoms with van der Waals surface area (Å²) in [6, 6.07) is 14.2. The Hall–Kier alpha value is -2.93. The molecule has 3 aromatic rings. The Morgan fingerprint density at radius 3 is 2.71 bits per heavy atom. The van der Waals surface area contributed by atoms with Crippen molar-refractivity contribution < 1.29 is 9.53 Å². The molecule has 0 saturated heterocycles. The van der Waals surface area contributed by atoms with Gasteiger partial charge in [-0.2, -0.15) is 0 Å². The highest BCUT2D eigenvalue weighted by molar-refractivity contribution is 7.71. The van der Waals surface area contributed by atoms with Crippen LogP contribution in [0.4, 0.5) is 0 Å². The zero-order valence-electron chi connectivity index (χ0n) is 12.7. The van der Waals surface area contributed by atoms with Crippen LogP contribution in [0.25, 0.3) is 10.9 Å². The smallest absolute Gasteiger partial charge is 0.259 e. The lowest BCUT2D eigenvalue weighted by molar-refractivity contribution is 0.0947. The van der Waals surface area contributed by atoms with Crippen LogP contribution in [-0.2, 0) is 0 Å². The van der Waals surface area contributed by atoms with Crippen molar-refractivity contribution in [2.45, 2.75) is 0 Å². The molecule has 0 atom stereocenters. The van der Waals surface area contributed by atoms with Gasteiger partial charge in [-0.05, 0) is 42.5 Å². The highest BCUT2D eigenvalue weighted by Crippen LogP contribution is 2.10. The number of carbonyl (C=O) groups excluding carboxylic acids is 1. The average molecular weight is 341 g/mol. The third kappa shape index (κ3) is 3.69. The maximum Gasteiger partial charge on any atom is 0.259 e. The van der Waals surface area contributed by atoms with Gasteiger partial charge in [-0.25, -0.2) is 0 Å². The average Bonchev–Trinajstić information content (AvgIpc) is 2.58. The SMILES string of the molecule is O=C(NCCOc1ccccc1)c1ccc2c(=O)[nH]c(=S)[nH]c2c1. The number of para-hydroxylation sites is 1. The molecular weight excluding hydrogens is 326 g/mol. The quantitative estimate of drug-likeness (QED) is 0.491. The molecule has 0 aliphatic heterocycles. The molecule has 24 heavy (non-hydrogen) atoms. The predicted octanol–water partition coefficient (Wildman–Crippen LogP) is 2.39. The minimum atomic E-state index is -0.281. The summed E-state index contributed by atoms with van der Waals surface area (Å²) in [5.41, 5.74) is 0.687. The summed E-state index contributed by atoms with van der Waals surface area (Å²) in [7, 11) is 0. The first-order chi connectivity index (χ1) is 11.6. The molecule has 1 amide bonds. The summed E-state index contributed by atoms with van der Waals surface area (Å²) >= 11 is 4.94. The van der Waals surface area contributed by atoms with E-state index in [4.69, 9.17) is 17.0 Å². The molecule has 1 heterocycles. The van der Waals surface area contributed by atoms with E-state index < -0.39 is 0 Å². The third-order valence-corrected chi connectivity index (χ3v) is 3.61. The maximum absolute atomic E-state index is 12.2. The lowest BCUT2D eigenvalue weighted by Gasteiger charge is -2.08. The van der Waals surface area contributed by atoms with Crippen LogP contribution in [0.1, 0.15) is 10.4 Å². The monoisotopic (exact) mass is 341 g/mol. The minimum Gasteiger partial charge on any atom is -0.492 e. The number of H-pyrrole nitrogens is 2. The van der Waals surface area contributed by atoms with Gasteiger partial charge < -0.3 is 15.0 Å². The Morgan fingerprint density at radius 1 is 1.12 bits per heavy atom. The Bertz CT molecular complexity index is 980. The van der Waals surface area contributed by atoms with Gasteiger partial charge in [-0.15, -0.1) is 0 Å². The molecule has 0 aliphatic rings. The first-order valence-corrected chi connectivity index (χ1v) is 7.77.